The Labute approximate surface area is 199 Å². The predicted octanol–water partition coefficient (Wildman–Crippen LogP) is 5.31. The first-order valence-corrected chi connectivity index (χ1v) is 12.6. The highest BCUT2D eigenvalue weighted by Gasteiger charge is 2.37. The molecular weight excluding hydrogens is 464 g/mol. The van der Waals surface area contributed by atoms with Crippen LogP contribution in [0.1, 0.15) is 12.8 Å². The van der Waals surface area contributed by atoms with Crippen LogP contribution in [0.3, 0.4) is 0 Å². The van der Waals surface area contributed by atoms with Gasteiger partial charge in [-0.05, 0) is 49.2 Å². The van der Waals surface area contributed by atoms with Crippen LogP contribution in [0.2, 0.25) is 5.02 Å². The minimum Gasteiger partial charge on any atom is -0.376 e. The molecule has 5 rings (SSSR count). The Morgan fingerprint density at radius 2 is 2.09 bits per heavy atom. The number of carbonyl (C=O) groups excluding carboxylic acids is 1. The standard InChI is InChI=1S/C23H21ClN4O2S2/c24-15-7-9-17(10-8-15)31-14-20-18(13-25-12-16-4-3-11-30-16)22(29)28(27-20)23-26-19-5-1-2-6-21(19)32-23/h1-2,5-10,13,16,18H,3-4,11-12,14H2. The third-order valence-electron chi connectivity index (χ3n) is 5.31. The lowest BCUT2D eigenvalue weighted by Crippen LogP contribution is -2.29. The molecule has 2 aliphatic rings. The molecule has 0 spiro atoms. The number of hydrogen-bond donors (Lipinski definition) is 0. The zero-order valence-corrected chi connectivity index (χ0v) is 19.6. The first-order chi connectivity index (χ1) is 15.7. The molecule has 2 unspecified atom stereocenters. The molecule has 9 heteroatoms. The Hall–Kier alpha value is -2.26. The first-order valence-electron chi connectivity index (χ1n) is 10.4. The van der Waals surface area contributed by atoms with Crippen LogP contribution in [-0.2, 0) is 9.53 Å². The van der Waals surface area contributed by atoms with Crippen molar-refractivity contribution >= 4 is 67.9 Å². The fraction of sp³-hybridized carbons (Fsp3) is 0.304. The molecule has 1 aromatic heterocycles. The molecule has 32 heavy (non-hydrogen) atoms. The SMILES string of the molecule is O=C1C(C=NCC2CCCO2)C(CSc2ccc(Cl)cc2)=NN1c1nc2ccccc2s1. The van der Waals surface area contributed by atoms with Crippen molar-refractivity contribution in [2.24, 2.45) is 16.0 Å². The number of aromatic nitrogens is 1. The number of aliphatic imine (C=N–C) groups is 1. The molecule has 0 aliphatic carbocycles. The molecule has 0 radical (unpaired) electrons. The van der Waals surface area contributed by atoms with E-state index in [1.54, 1.807) is 18.0 Å². The Kier molecular flexibility index (Phi) is 6.54. The Bertz CT molecular complexity index is 1140. The fourth-order valence-corrected chi connectivity index (χ4v) is 5.56. The summed E-state index contributed by atoms with van der Waals surface area (Å²) in [5.74, 6) is -0.0409. The number of thiazole rings is 1. The third kappa shape index (κ3) is 4.73. The Morgan fingerprint density at radius 3 is 2.88 bits per heavy atom. The molecule has 1 saturated heterocycles. The number of hydrogen-bond acceptors (Lipinski definition) is 7. The highest BCUT2D eigenvalue weighted by atomic mass is 35.5. The summed E-state index contributed by atoms with van der Waals surface area (Å²) in [5.41, 5.74) is 1.63. The van der Waals surface area contributed by atoms with Crippen LogP contribution in [0.15, 0.2) is 63.5 Å². The molecule has 2 aliphatic heterocycles. The van der Waals surface area contributed by atoms with Gasteiger partial charge >= 0.3 is 0 Å². The van der Waals surface area contributed by atoms with Crippen LogP contribution >= 0.6 is 34.7 Å². The second kappa shape index (κ2) is 9.70. The van der Waals surface area contributed by atoms with Gasteiger partial charge in [0.15, 0.2) is 0 Å². The van der Waals surface area contributed by atoms with E-state index >= 15 is 0 Å². The maximum Gasteiger partial charge on any atom is 0.263 e. The lowest BCUT2D eigenvalue weighted by molar-refractivity contribution is -0.118. The summed E-state index contributed by atoms with van der Waals surface area (Å²) in [6.45, 7) is 1.36. The van der Waals surface area contributed by atoms with Crippen LogP contribution in [0.25, 0.3) is 10.2 Å². The van der Waals surface area contributed by atoms with Crippen molar-refractivity contribution in [3.05, 3.63) is 53.6 Å². The Morgan fingerprint density at radius 1 is 1.25 bits per heavy atom. The van der Waals surface area contributed by atoms with E-state index in [4.69, 9.17) is 16.3 Å². The average molecular weight is 485 g/mol. The first kappa shape index (κ1) is 21.6. The van der Waals surface area contributed by atoms with Gasteiger partial charge in [0.1, 0.15) is 5.92 Å². The fourth-order valence-electron chi connectivity index (χ4n) is 3.63. The lowest BCUT2D eigenvalue weighted by Gasteiger charge is -2.09. The molecule has 3 aromatic rings. The predicted molar refractivity (Wildman–Crippen MR) is 133 cm³/mol. The van der Waals surface area contributed by atoms with Gasteiger partial charge in [0.25, 0.3) is 5.91 Å². The van der Waals surface area contributed by atoms with Crippen LogP contribution in [0.5, 0.6) is 0 Å². The van der Waals surface area contributed by atoms with Crippen molar-refractivity contribution in [2.75, 3.05) is 23.9 Å². The molecule has 0 saturated carbocycles. The summed E-state index contributed by atoms with van der Waals surface area (Å²) < 4.78 is 6.67. The maximum atomic E-state index is 13.3. The summed E-state index contributed by atoms with van der Waals surface area (Å²) in [6.07, 6.45) is 3.96. The van der Waals surface area contributed by atoms with Crippen molar-refractivity contribution in [3.63, 3.8) is 0 Å². The zero-order valence-electron chi connectivity index (χ0n) is 17.2. The largest absolute Gasteiger partial charge is 0.376 e. The number of nitrogens with zero attached hydrogens (tertiary/aromatic N) is 4. The van der Waals surface area contributed by atoms with Gasteiger partial charge in [-0.3, -0.25) is 9.79 Å². The Balaban J connectivity index is 1.37. The number of halogens is 1. The van der Waals surface area contributed by atoms with Gasteiger partial charge < -0.3 is 4.74 Å². The number of anilines is 1. The quantitative estimate of drug-likeness (QED) is 0.336. The van der Waals surface area contributed by atoms with Crippen molar-refractivity contribution < 1.29 is 9.53 Å². The normalized spacial score (nSPS) is 21.2. The van der Waals surface area contributed by atoms with Crippen molar-refractivity contribution in [2.45, 2.75) is 23.8 Å². The summed E-state index contributed by atoms with van der Waals surface area (Å²) in [4.78, 5) is 23.5. The monoisotopic (exact) mass is 484 g/mol. The van der Waals surface area contributed by atoms with Gasteiger partial charge in [0.2, 0.25) is 5.13 Å². The number of benzene rings is 2. The van der Waals surface area contributed by atoms with E-state index in [1.807, 2.05) is 48.5 Å². The smallest absolute Gasteiger partial charge is 0.263 e. The van der Waals surface area contributed by atoms with E-state index in [0.29, 0.717) is 22.5 Å². The molecule has 2 aromatic carbocycles. The minimum absolute atomic E-state index is 0.119. The van der Waals surface area contributed by atoms with Crippen LogP contribution in [0.4, 0.5) is 5.13 Å². The van der Waals surface area contributed by atoms with E-state index in [1.165, 1.54) is 16.3 Å². The van der Waals surface area contributed by atoms with E-state index < -0.39 is 5.92 Å². The van der Waals surface area contributed by atoms with Crippen molar-refractivity contribution in [1.29, 1.82) is 0 Å². The number of ether oxygens (including phenoxy) is 1. The van der Waals surface area contributed by atoms with Crippen LogP contribution in [-0.4, -0.2) is 47.8 Å². The molecular formula is C23H21ClN4O2S2. The molecule has 6 nitrogen and oxygen atoms in total. The van der Waals surface area contributed by atoms with Gasteiger partial charge in [0.05, 0.1) is 28.6 Å². The molecule has 164 valence electrons. The van der Waals surface area contributed by atoms with Gasteiger partial charge in [-0.2, -0.15) is 10.1 Å². The number of carbonyl (C=O) groups is 1. The number of hydrazone groups is 1. The third-order valence-corrected chi connectivity index (χ3v) is 7.62. The van der Waals surface area contributed by atoms with Crippen molar-refractivity contribution in [3.8, 4) is 0 Å². The molecule has 1 fully saturated rings. The van der Waals surface area contributed by atoms with E-state index in [0.717, 1.165) is 40.3 Å². The zero-order chi connectivity index (χ0) is 21.9. The number of rotatable bonds is 7. The topological polar surface area (TPSA) is 67.2 Å². The molecule has 1 amide bonds. The maximum absolute atomic E-state index is 13.3. The van der Waals surface area contributed by atoms with Gasteiger partial charge in [-0.1, -0.05) is 35.1 Å². The summed E-state index contributed by atoms with van der Waals surface area (Å²) in [5, 5.41) is 7.40. The van der Waals surface area contributed by atoms with Gasteiger partial charge in [-0.25, -0.2) is 4.98 Å². The molecule has 0 bridgehead atoms. The lowest BCUT2D eigenvalue weighted by atomic mass is 10.1. The highest BCUT2D eigenvalue weighted by Crippen LogP contribution is 2.33. The van der Waals surface area contributed by atoms with E-state index in [9.17, 15) is 4.79 Å². The van der Waals surface area contributed by atoms with Gasteiger partial charge in [-0.15, -0.1) is 11.8 Å². The average Bonchev–Trinajstić information content (AvgIpc) is 3.53. The van der Waals surface area contributed by atoms with E-state index in [-0.39, 0.29) is 12.0 Å². The van der Waals surface area contributed by atoms with Gasteiger partial charge in [0, 0.05) is 28.5 Å². The summed E-state index contributed by atoms with van der Waals surface area (Å²) >= 11 is 9.08. The summed E-state index contributed by atoms with van der Waals surface area (Å²) in [7, 11) is 0. The molecule has 2 atom stereocenters. The highest BCUT2D eigenvalue weighted by molar-refractivity contribution is 8.00. The van der Waals surface area contributed by atoms with E-state index in [2.05, 4.69) is 15.1 Å². The van der Waals surface area contributed by atoms with Crippen LogP contribution in [0, 0.1) is 5.92 Å². The number of para-hydroxylation sites is 1. The second-order valence-electron chi connectivity index (χ2n) is 7.58. The minimum atomic E-state index is -0.497. The summed E-state index contributed by atoms with van der Waals surface area (Å²) in [6, 6.07) is 15.5. The number of amides is 1. The van der Waals surface area contributed by atoms with Crippen molar-refractivity contribution in [1.82, 2.24) is 4.98 Å². The molecule has 3 heterocycles. The molecule has 0 N–H and O–H groups in total. The number of fused-ring (bicyclic) bond motifs is 1. The number of thioether (sulfide) groups is 1. The second-order valence-corrected chi connectivity index (χ2v) is 10.1. The van der Waals surface area contributed by atoms with Crippen LogP contribution < -0.4 is 5.01 Å².